The molecule has 0 atom stereocenters. The van der Waals surface area contributed by atoms with Crippen LogP contribution in [0.4, 0.5) is 0 Å². The number of hydrogen-bond donors (Lipinski definition) is 2. The number of nitrogens with one attached hydrogen (secondary N) is 2. The molecule has 0 bridgehead atoms. The number of carbonyl (C=O) groups is 2. The molecule has 1 fully saturated rings. The van der Waals surface area contributed by atoms with E-state index in [9.17, 15) is 9.59 Å². The summed E-state index contributed by atoms with van der Waals surface area (Å²) in [5, 5.41) is 15.0. The third kappa shape index (κ3) is 4.95. The molecule has 0 spiro atoms. The summed E-state index contributed by atoms with van der Waals surface area (Å²) in [7, 11) is 0. The van der Waals surface area contributed by atoms with Gasteiger partial charge in [0.25, 0.3) is 5.91 Å². The largest absolute Gasteiger partial charge is 0.349 e. The quantitative estimate of drug-likeness (QED) is 0.738. The van der Waals surface area contributed by atoms with Crippen LogP contribution in [0.3, 0.4) is 0 Å². The van der Waals surface area contributed by atoms with Gasteiger partial charge in [-0.3, -0.25) is 9.59 Å². The van der Waals surface area contributed by atoms with Crippen molar-refractivity contribution in [3.05, 3.63) is 27.7 Å². The van der Waals surface area contributed by atoms with Crippen LogP contribution in [-0.2, 0) is 17.9 Å². The molecule has 0 aromatic carbocycles. The number of nitrogens with zero attached hydrogens (tertiary/aromatic N) is 4. The molecule has 1 aliphatic rings. The predicted octanol–water partition coefficient (Wildman–Crippen LogP) is 2.37. The molecule has 0 aliphatic heterocycles. The van der Waals surface area contributed by atoms with Crippen molar-refractivity contribution in [2.45, 2.75) is 72.0 Å². The molecule has 8 nitrogen and oxygen atoms in total. The van der Waals surface area contributed by atoms with Crippen LogP contribution in [-0.4, -0.2) is 37.6 Å². The van der Waals surface area contributed by atoms with E-state index in [1.165, 1.54) is 11.3 Å². The van der Waals surface area contributed by atoms with Gasteiger partial charge in [0.2, 0.25) is 5.91 Å². The molecule has 0 unspecified atom stereocenters. The van der Waals surface area contributed by atoms with Gasteiger partial charge in [-0.15, -0.1) is 21.5 Å². The molecule has 9 heteroatoms. The summed E-state index contributed by atoms with van der Waals surface area (Å²) in [4.78, 5) is 29.9. The highest BCUT2D eigenvalue weighted by Gasteiger charge is 2.28. The lowest BCUT2D eigenvalue weighted by Crippen LogP contribution is -2.40. The Morgan fingerprint density at radius 2 is 2.00 bits per heavy atom. The summed E-state index contributed by atoms with van der Waals surface area (Å²) in [6.07, 6.45) is 5.87. The Morgan fingerprint density at radius 1 is 1.25 bits per heavy atom. The molecule has 1 saturated carbocycles. The Hall–Kier alpha value is -2.29. The molecule has 152 valence electrons. The van der Waals surface area contributed by atoms with Gasteiger partial charge in [0.1, 0.15) is 11.2 Å². The lowest BCUT2D eigenvalue weighted by molar-refractivity contribution is -0.126. The van der Waals surface area contributed by atoms with Crippen molar-refractivity contribution in [1.82, 2.24) is 30.4 Å². The lowest BCUT2D eigenvalue weighted by atomic mass is 9.85. The fraction of sp³-hybridized carbons (Fsp3) is 0.632. The summed E-state index contributed by atoms with van der Waals surface area (Å²) in [5.74, 6) is 0.783. The standard InChI is InChI=1S/C19H28N6O2S/c1-4-9-25-11-21-24-16(25)10-20-18(26)14-5-7-15(8-6-14)23-19(27)17-12(2)22-13(3)28-17/h11,14-15H,4-10H2,1-3H3,(H,20,26)(H,23,27). The zero-order valence-corrected chi connectivity index (χ0v) is 17.5. The topological polar surface area (TPSA) is 102 Å². The maximum atomic E-state index is 12.5. The molecule has 2 aromatic rings. The van der Waals surface area contributed by atoms with Crippen molar-refractivity contribution < 1.29 is 9.59 Å². The number of thiazole rings is 1. The minimum atomic E-state index is -0.0498. The van der Waals surface area contributed by atoms with Gasteiger partial charge in [-0.25, -0.2) is 4.98 Å². The molecule has 2 aromatic heterocycles. The average molecular weight is 405 g/mol. The van der Waals surface area contributed by atoms with Gasteiger partial charge >= 0.3 is 0 Å². The second-order valence-electron chi connectivity index (χ2n) is 7.33. The minimum absolute atomic E-state index is 0.0110. The lowest BCUT2D eigenvalue weighted by Gasteiger charge is -2.28. The van der Waals surface area contributed by atoms with E-state index in [-0.39, 0.29) is 23.8 Å². The van der Waals surface area contributed by atoms with Crippen LogP contribution in [0.1, 0.15) is 65.2 Å². The first-order valence-electron chi connectivity index (χ1n) is 9.87. The third-order valence-corrected chi connectivity index (χ3v) is 6.20. The summed E-state index contributed by atoms with van der Waals surface area (Å²) in [6.45, 7) is 7.11. The molecule has 0 radical (unpaired) electrons. The number of amides is 2. The molecule has 0 saturated heterocycles. The van der Waals surface area contributed by atoms with Crippen LogP contribution in [0.5, 0.6) is 0 Å². The van der Waals surface area contributed by atoms with E-state index in [0.29, 0.717) is 11.4 Å². The molecule has 2 N–H and O–H groups in total. The van der Waals surface area contributed by atoms with Crippen LogP contribution in [0.15, 0.2) is 6.33 Å². The normalized spacial score (nSPS) is 19.4. The molecule has 2 amide bonds. The van der Waals surface area contributed by atoms with E-state index in [1.807, 2.05) is 18.4 Å². The monoisotopic (exact) mass is 404 g/mol. The molecule has 28 heavy (non-hydrogen) atoms. The molecule has 3 rings (SSSR count). The van der Waals surface area contributed by atoms with E-state index in [1.54, 1.807) is 6.33 Å². The van der Waals surface area contributed by atoms with Crippen LogP contribution >= 0.6 is 11.3 Å². The summed E-state index contributed by atoms with van der Waals surface area (Å²) in [5.41, 5.74) is 0.781. The molecule has 1 aliphatic carbocycles. The molecular formula is C19H28N6O2S. The third-order valence-electron chi connectivity index (χ3n) is 5.12. The Labute approximate surface area is 169 Å². The highest BCUT2D eigenvalue weighted by Crippen LogP contribution is 2.25. The van der Waals surface area contributed by atoms with Gasteiger partial charge in [-0.1, -0.05) is 6.92 Å². The SMILES string of the molecule is CCCn1cnnc1CNC(=O)C1CCC(NC(=O)c2sc(C)nc2C)CC1. The van der Waals surface area contributed by atoms with Gasteiger partial charge < -0.3 is 15.2 Å². The predicted molar refractivity (Wildman–Crippen MR) is 107 cm³/mol. The fourth-order valence-corrected chi connectivity index (χ4v) is 4.47. The van der Waals surface area contributed by atoms with E-state index in [2.05, 4.69) is 32.7 Å². The van der Waals surface area contributed by atoms with E-state index in [4.69, 9.17) is 0 Å². The average Bonchev–Trinajstić information content (AvgIpc) is 3.26. The number of hydrogen-bond acceptors (Lipinski definition) is 6. The second kappa shape index (κ2) is 9.27. The van der Waals surface area contributed by atoms with Crippen LogP contribution in [0.2, 0.25) is 0 Å². The zero-order chi connectivity index (χ0) is 20.1. The second-order valence-corrected chi connectivity index (χ2v) is 8.53. The van der Waals surface area contributed by atoms with Crippen molar-refractivity contribution >= 4 is 23.2 Å². The Morgan fingerprint density at radius 3 is 2.64 bits per heavy atom. The van der Waals surface area contributed by atoms with Crippen LogP contribution in [0.25, 0.3) is 0 Å². The first-order valence-corrected chi connectivity index (χ1v) is 10.7. The number of aryl methyl sites for hydroxylation is 3. The van der Waals surface area contributed by atoms with Gasteiger partial charge in [-0.2, -0.15) is 0 Å². The van der Waals surface area contributed by atoms with Crippen molar-refractivity contribution in [2.75, 3.05) is 0 Å². The molecular weight excluding hydrogens is 376 g/mol. The van der Waals surface area contributed by atoms with Gasteiger partial charge in [0.05, 0.1) is 17.2 Å². The number of rotatable bonds is 7. The zero-order valence-electron chi connectivity index (χ0n) is 16.7. The summed E-state index contributed by atoms with van der Waals surface area (Å²) >= 11 is 1.43. The van der Waals surface area contributed by atoms with Crippen molar-refractivity contribution in [3.8, 4) is 0 Å². The maximum absolute atomic E-state index is 12.5. The van der Waals surface area contributed by atoms with Crippen LogP contribution in [0, 0.1) is 19.8 Å². The smallest absolute Gasteiger partial charge is 0.263 e. The summed E-state index contributed by atoms with van der Waals surface area (Å²) < 4.78 is 1.97. The highest BCUT2D eigenvalue weighted by atomic mass is 32.1. The number of aromatic nitrogens is 4. The Bertz CT molecular complexity index is 822. The Balaban J connectivity index is 1.44. The highest BCUT2D eigenvalue weighted by molar-refractivity contribution is 7.13. The van der Waals surface area contributed by atoms with Crippen molar-refractivity contribution in [3.63, 3.8) is 0 Å². The molecule has 2 heterocycles. The maximum Gasteiger partial charge on any atom is 0.263 e. The first-order chi connectivity index (χ1) is 13.5. The minimum Gasteiger partial charge on any atom is -0.349 e. The van der Waals surface area contributed by atoms with Gasteiger partial charge in [0.15, 0.2) is 5.82 Å². The number of carbonyl (C=O) groups excluding carboxylic acids is 2. The summed E-state index contributed by atoms with van der Waals surface area (Å²) in [6, 6.07) is 0.117. The Kier molecular flexibility index (Phi) is 6.77. The van der Waals surface area contributed by atoms with E-state index in [0.717, 1.165) is 55.2 Å². The van der Waals surface area contributed by atoms with Gasteiger partial charge in [-0.05, 0) is 46.0 Å². The van der Waals surface area contributed by atoms with Crippen molar-refractivity contribution in [2.24, 2.45) is 5.92 Å². The van der Waals surface area contributed by atoms with Crippen LogP contribution < -0.4 is 10.6 Å². The van der Waals surface area contributed by atoms with E-state index >= 15 is 0 Å². The first kappa shape index (κ1) is 20.4. The fourth-order valence-electron chi connectivity index (χ4n) is 3.65. The van der Waals surface area contributed by atoms with Gasteiger partial charge in [0, 0.05) is 18.5 Å². The van der Waals surface area contributed by atoms with E-state index < -0.39 is 0 Å². The van der Waals surface area contributed by atoms with Crippen molar-refractivity contribution in [1.29, 1.82) is 0 Å².